The lowest BCUT2D eigenvalue weighted by Gasteiger charge is -2.66. The summed E-state index contributed by atoms with van der Waals surface area (Å²) in [6.07, 6.45) is -17.4. The van der Waals surface area contributed by atoms with Crippen molar-refractivity contribution in [2.75, 3.05) is 6.61 Å². The average molecular weight is 737 g/mol. The molecule has 0 bridgehead atoms. The third kappa shape index (κ3) is 5.80. The van der Waals surface area contributed by atoms with Crippen LogP contribution in [0.2, 0.25) is 25.7 Å². The van der Waals surface area contributed by atoms with Crippen molar-refractivity contribution in [2.24, 2.45) is 0 Å². The number of rotatable bonds is 14. The van der Waals surface area contributed by atoms with Crippen LogP contribution in [0.3, 0.4) is 0 Å². The van der Waals surface area contributed by atoms with Crippen LogP contribution in [0.25, 0.3) is 0 Å². The maximum absolute atomic E-state index is 13.7. The maximum atomic E-state index is 13.7. The van der Waals surface area contributed by atoms with Gasteiger partial charge in [-0.15, -0.1) is 0 Å². The Bertz CT molecular complexity index is 1460. The van der Waals surface area contributed by atoms with Crippen LogP contribution >= 0.6 is 0 Å². The molecular formula is C31H48O18Si. The Morgan fingerprint density at radius 3 is 1.34 bits per heavy atom. The van der Waals surface area contributed by atoms with Gasteiger partial charge in [0.1, 0.15) is 30.5 Å². The van der Waals surface area contributed by atoms with Crippen molar-refractivity contribution in [1.82, 2.24) is 0 Å². The zero-order chi connectivity index (χ0) is 39.5. The van der Waals surface area contributed by atoms with Gasteiger partial charge in [-0.1, -0.05) is 19.6 Å². The van der Waals surface area contributed by atoms with Crippen LogP contribution < -0.4 is 0 Å². The number of aliphatic hydroxyl groups excluding tert-OH is 2. The molecule has 0 radical (unpaired) electrons. The zero-order valence-corrected chi connectivity index (χ0v) is 30.5. The highest BCUT2D eigenvalue weighted by atomic mass is 28.3. The van der Waals surface area contributed by atoms with E-state index in [0.29, 0.717) is 54.5 Å². The molecule has 0 aromatic rings. The molecule has 12 atom stereocenters. The summed E-state index contributed by atoms with van der Waals surface area (Å²) in [6.45, 7) is 9.14. The predicted octanol–water partition coefficient (Wildman–Crippen LogP) is -3.94. The molecule has 2 aliphatic rings. The highest BCUT2D eigenvalue weighted by Crippen LogP contribution is 2.57. The Morgan fingerprint density at radius 2 is 1.00 bits per heavy atom. The van der Waals surface area contributed by atoms with Gasteiger partial charge in [0.2, 0.25) is 5.60 Å². The van der Waals surface area contributed by atoms with E-state index in [1.165, 1.54) is 0 Å². The Hall–Kier alpha value is -2.53. The van der Waals surface area contributed by atoms with E-state index in [2.05, 4.69) is 0 Å². The number of carbonyl (C=O) groups is 7. The van der Waals surface area contributed by atoms with Crippen molar-refractivity contribution >= 4 is 48.6 Å². The van der Waals surface area contributed by atoms with Crippen LogP contribution in [0.1, 0.15) is 48.5 Å². The molecule has 2 saturated heterocycles. The Kier molecular flexibility index (Phi) is 12.0. The number of hydrogen-bond acceptors (Lipinski definition) is 18. The smallest absolute Gasteiger partial charge is 0.212 e. The summed E-state index contributed by atoms with van der Waals surface area (Å²) in [4.78, 5) is 92.3. The molecule has 2 rings (SSSR count). The second kappa shape index (κ2) is 13.8. The van der Waals surface area contributed by atoms with E-state index < -0.39 is 119 Å². The topological polar surface area (TPSA) is 309 Å². The van der Waals surface area contributed by atoms with Gasteiger partial charge in [0.05, 0.1) is 0 Å². The van der Waals surface area contributed by atoms with Crippen LogP contribution in [0.5, 0.6) is 0 Å². The lowest BCUT2D eigenvalue weighted by molar-refractivity contribution is -0.426. The highest BCUT2D eigenvalue weighted by molar-refractivity contribution is 6.76. The van der Waals surface area contributed by atoms with Crippen molar-refractivity contribution < 1.29 is 88.6 Å². The molecule has 0 aliphatic carbocycles. The first-order chi connectivity index (χ1) is 22.4. The van der Waals surface area contributed by atoms with Gasteiger partial charge >= 0.3 is 0 Å². The molecular weight excluding hydrogens is 688 g/mol. The molecule has 284 valence electrons. The van der Waals surface area contributed by atoms with Gasteiger partial charge in [0.25, 0.3) is 0 Å². The van der Waals surface area contributed by atoms with E-state index >= 15 is 0 Å². The molecule has 2 aliphatic heterocycles. The fraction of sp³-hybridized carbons (Fsp3) is 0.774. The van der Waals surface area contributed by atoms with Crippen LogP contribution in [0, 0.1) is 0 Å². The first-order valence-corrected chi connectivity index (χ1v) is 19.3. The minimum Gasteiger partial charge on any atom is -0.382 e. The second-order valence-electron chi connectivity index (χ2n) is 14.4. The number of hydrogen-bond donors (Lipinski definition) is 8. The Morgan fingerprint density at radius 1 is 0.600 bits per heavy atom. The highest BCUT2D eigenvalue weighted by Gasteiger charge is 2.88. The van der Waals surface area contributed by atoms with Gasteiger partial charge in [0.15, 0.2) is 74.8 Å². The number of aliphatic hydroxyl groups is 8. The first-order valence-electron chi connectivity index (χ1n) is 15.5. The van der Waals surface area contributed by atoms with Crippen LogP contribution in [0.4, 0.5) is 0 Å². The number of ether oxygens (including phenoxy) is 3. The lowest BCUT2D eigenvalue weighted by atomic mass is 9.51. The summed E-state index contributed by atoms with van der Waals surface area (Å²) in [7, 11) is -1.98. The van der Waals surface area contributed by atoms with Gasteiger partial charge in [-0.2, -0.15) is 0 Å². The number of carbonyl (C=O) groups excluding carboxylic acids is 7. The van der Waals surface area contributed by atoms with Crippen LogP contribution in [-0.2, 0) is 47.8 Å². The van der Waals surface area contributed by atoms with Gasteiger partial charge in [-0.05, 0) is 54.5 Å². The third-order valence-corrected chi connectivity index (χ3v) is 11.6. The van der Waals surface area contributed by atoms with Crippen molar-refractivity contribution in [3.8, 4) is 0 Å². The molecule has 0 amide bonds. The SMILES string of the molecule is CC(=O)C(O)[C@H]1O[C@H](OCC[Si](C)(C)C)[C@@](O)(C(C)=O)[C@](O)(C(C)=O)[C@@]1(O)[C@@H]1O[C@H](C(O)C(C)=O)[C@@](O)(C(C)=O)[C@@](O)(C(C)=O)[C@]1(O)C(C)=O. The fourth-order valence-corrected chi connectivity index (χ4v) is 7.62. The van der Waals surface area contributed by atoms with Gasteiger partial charge in [0, 0.05) is 14.7 Å². The minimum absolute atomic E-state index is 0.291. The summed E-state index contributed by atoms with van der Waals surface area (Å²) in [6, 6.07) is 0.291. The molecule has 0 aromatic carbocycles. The summed E-state index contributed by atoms with van der Waals surface area (Å²) in [5.74, 6) is -11.5. The quantitative estimate of drug-likeness (QED) is 0.0790. The van der Waals surface area contributed by atoms with Gasteiger partial charge in [-0.25, -0.2) is 0 Å². The van der Waals surface area contributed by atoms with E-state index in [0.717, 1.165) is 0 Å². The van der Waals surface area contributed by atoms with E-state index in [4.69, 9.17) is 14.2 Å². The van der Waals surface area contributed by atoms with Crippen molar-refractivity contribution in [1.29, 1.82) is 0 Å². The van der Waals surface area contributed by atoms with E-state index in [1.54, 1.807) is 0 Å². The Labute approximate surface area is 288 Å². The molecule has 2 fully saturated rings. The van der Waals surface area contributed by atoms with Crippen LogP contribution in [0.15, 0.2) is 0 Å². The van der Waals surface area contributed by atoms with E-state index in [9.17, 15) is 74.4 Å². The fourth-order valence-electron chi connectivity index (χ4n) is 6.89. The van der Waals surface area contributed by atoms with Crippen molar-refractivity contribution in [3.05, 3.63) is 0 Å². The third-order valence-electron chi connectivity index (χ3n) is 9.91. The first kappa shape index (κ1) is 43.6. The molecule has 0 spiro atoms. The van der Waals surface area contributed by atoms with Crippen LogP contribution in [-0.4, -0.2) is 166 Å². The average Bonchev–Trinajstić information content (AvgIpc) is 2.97. The van der Waals surface area contributed by atoms with E-state index in [1.807, 2.05) is 19.6 Å². The van der Waals surface area contributed by atoms with E-state index in [-0.39, 0.29) is 6.61 Å². The molecule has 19 heteroatoms. The summed E-state index contributed by atoms with van der Waals surface area (Å²) < 4.78 is 16.8. The van der Waals surface area contributed by atoms with Crippen molar-refractivity contribution in [2.45, 2.75) is 145 Å². The predicted molar refractivity (Wildman–Crippen MR) is 168 cm³/mol. The maximum Gasteiger partial charge on any atom is 0.212 e. The minimum atomic E-state index is -4.29. The Balaban J connectivity index is 3.33. The van der Waals surface area contributed by atoms with Crippen molar-refractivity contribution in [3.63, 3.8) is 0 Å². The zero-order valence-electron chi connectivity index (χ0n) is 29.5. The molecule has 2 unspecified atom stereocenters. The summed E-state index contributed by atoms with van der Waals surface area (Å²) in [5, 5.41) is 95.6. The molecule has 50 heavy (non-hydrogen) atoms. The van der Waals surface area contributed by atoms with Gasteiger partial charge < -0.3 is 55.1 Å². The summed E-state index contributed by atoms with van der Waals surface area (Å²) in [5.41, 5.74) is -24.9. The lowest BCUT2D eigenvalue weighted by Crippen LogP contribution is -2.95. The molecule has 2 heterocycles. The van der Waals surface area contributed by atoms with Gasteiger partial charge in [-0.3, -0.25) is 33.6 Å². The molecule has 8 N–H and O–H groups in total. The second-order valence-corrected chi connectivity index (χ2v) is 20.1. The standard InChI is InChI=1S/C31H48O18Si/c1-13(32)20(39)22-26(41,15(3)34)30(45,18(6)37)27(42,16(4)35)24(48-22)29(44)23(21(40)14(2)33)49-25(47-11-12-50(8,9)10)28(43,17(5)36)31(29,46)19(7)38/h20-25,39-46H,11-12H2,1-10H3/t20?,21?,22-,23-,24-,25+,26+,27+,28+,29+,30+,31-/m1/s1. The monoisotopic (exact) mass is 736 g/mol. The normalized spacial score (nSPS) is 40.4. The summed E-state index contributed by atoms with van der Waals surface area (Å²) >= 11 is 0. The molecule has 0 aromatic heterocycles. The molecule has 0 saturated carbocycles. The molecule has 18 nitrogen and oxygen atoms in total. The number of ketones is 7. The number of Topliss-reactive ketones (excluding diaryl/α,β-unsaturated/α-hetero) is 7. The largest absolute Gasteiger partial charge is 0.382 e.